The molecule has 1 heterocycles. The summed E-state index contributed by atoms with van der Waals surface area (Å²) in [6.45, 7) is 0. The lowest BCUT2D eigenvalue weighted by atomic mass is 10.1. The van der Waals surface area contributed by atoms with E-state index in [0.717, 1.165) is 30.0 Å². The number of aromatic nitrogens is 2. The van der Waals surface area contributed by atoms with Crippen LogP contribution in [0.2, 0.25) is 5.02 Å². The Labute approximate surface area is 157 Å². The first-order valence-corrected chi connectivity index (χ1v) is 9.02. The molecule has 0 aliphatic rings. The highest BCUT2D eigenvalue weighted by atomic mass is 127. The van der Waals surface area contributed by atoms with Gasteiger partial charge in [-0.15, -0.1) is 0 Å². The Kier molecular flexibility index (Phi) is 4.95. The summed E-state index contributed by atoms with van der Waals surface area (Å²) >= 11 is 9.82. The number of nitrogens with zero attached hydrogens (tertiary/aromatic N) is 3. The minimum atomic E-state index is 0.645. The van der Waals surface area contributed by atoms with Gasteiger partial charge in [0.15, 0.2) is 3.83 Å². The van der Waals surface area contributed by atoms with Crippen LogP contribution in [0.5, 0.6) is 0 Å². The first kappa shape index (κ1) is 16.4. The Morgan fingerprint density at radius 2 is 1.78 bits per heavy atom. The second-order valence-corrected chi connectivity index (χ2v) is 7.30. The van der Waals surface area contributed by atoms with E-state index < -0.39 is 0 Å². The molecule has 0 atom stereocenters. The fourth-order valence-corrected chi connectivity index (χ4v) is 3.83. The van der Waals surface area contributed by atoms with Gasteiger partial charge in [0.25, 0.3) is 0 Å². The highest BCUT2D eigenvalue weighted by Gasteiger charge is 2.16. The zero-order chi connectivity index (χ0) is 16.4. The van der Waals surface area contributed by atoms with Crippen LogP contribution >= 0.6 is 46.0 Å². The number of rotatable bonds is 3. The fraction of sp³-hybridized carbons (Fsp3) is 0.0588. The summed E-state index contributed by atoms with van der Waals surface area (Å²) in [5, 5.41) is 10.7. The molecule has 0 unspecified atom stereocenters. The molecule has 3 rings (SSSR count). The SMILES string of the molecule is Cn1c(I)nc(-c2ccc(C#N)cc2)c1Sc1ccc(Cl)cc1. The molecule has 0 aliphatic carbocycles. The largest absolute Gasteiger partial charge is 0.317 e. The number of halogens is 2. The van der Waals surface area contributed by atoms with Gasteiger partial charge in [0.2, 0.25) is 0 Å². The number of imidazole rings is 1. The highest BCUT2D eigenvalue weighted by Crippen LogP contribution is 2.36. The maximum atomic E-state index is 8.93. The van der Waals surface area contributed by atoms with Gasteiger partial charge < -0.3 is 4.57 Å². The number of benzene rings is 2. The van der Waals surface area contributed by atoms with E-state index in [4.69, 9.17) is 16.9 Å². The summed E-state index contributed by atoms with van der Waals surface area (Å²) in [7, 11) is 2.00. The molecule has 1 aromatic heterocycles. The maximum Gasteiger partial charge on any atom is 0.172 e. The molecule has 0 radical (unpaired) electrons. The average Bonchev–Trinajstić information content (AvgIpc) is 2.85. The van der Waals surface area contributed by atoms with Crippen LogP contribution in [0.25, 0.3) is 11.3 Å². The summed E-state index contributed by atoms with van der Waals surface area (Å²) in [6, 6.07) is 17.4. The van der Waals surface area contributed by atoms with Crippen molar-refractivity contribution in [2.45, 2.75) is 9.92 Å². The van der Waals surface area contributed by atoms with Crippen molar-refractivity contribution < 1.29 is 0 Å². The third-order valence-electron chi connectivity index (χ3n) is 3.30. The zero-order valence-electron chi connectivity index (χ0n) is 12.1. The lowest BCUT2D eigenvalue weighted by Crippen LogP contribution is -1.93. The van der Waals surface area contributed by atoms with Crippen molar-refractivity contribution in [3.05, 3.63) is 62.9 Å². The fourth-order valence-electron chi connectivity index (χ4n) is 2.08. The molecule has 0 fully saturated rings. The van der Waals surface area contributed by atoms with Crippen LogP contribution in [0, 0.1) is 15.2 Å². The topological polar surface area (TPSA) is 41.6 Å². The third kappa shape index (κ3) is 3.55. The minimum Gasteiger partial charge on any atom is -0.317 e. The van der Waals surface area contributed by atoms with Crippen molar-refractivity contribution in [3.63, 3.8) is 0 Å². The molecule has 0 saturated heterocycles. The Morgan fingerprint density at radius 3 is 2.39 bits per heavy atom. The van der Waals surface area contributed by atoms with Crippen molar-refractivity contribution >= 4 is 46.0 Å². The van der Waals surface area contributed by atoms with Crippen molar-refractivity contribution in [2.75, 3.05) is 0 Å². The molecule has 0 aliphatic heterocycles. The molecule has 114 valence electrons. The van der Waals surface area contributed by atoms with Crippen LogP contribution in [0.15, 0.2) is 58.5 Å². The lowest BCUT2D eigenvalue weighted by molar-refractivity contribution is 0.798. The van der Waals surface area contributed by atoms with E-state index in [9.17, 15) is 0 Å². The monoisotopic (exact) mass is 451 g/mol. The molecule has 0 saturated carbocycles. The van der Waals surface area contributed by atoms with Crippen molar-refractivity contribution in [1.82, 2.24) is 9.55 Å². The van der Waals surface area contributed by atoms with E-state index in [0.29, 0.717) is 5.56 Å². The van der Waals surface area contributed by atoms with Crippen molar-refractivity contribution in [3.8, 4) is 17.3 Å². The molecule has 3 nitrogen and oxygen atoms in total. The second kappa shape index (κ2) is 6.95. The van der Waals surface area contributed by atoms with Crippen LogP contribution in [0.3, 0.4) is 0 Å². The second-order valence-electron chi connectivity index (χ2n) is 4.84. The van der Waals surface area contributed by atoms with Crippen LogP contribution in [-0.2, 0) is 7.05 Å². The van der Waals surface area contributed by atoms with E-state index in [-0.39, 0.29) is 0 Å². The molecule has 23 heavy (non-hydrogen) atoms. The molecule has 0 N–H and O–H groups in total. The summed E-state index contributed by atoms with van der Waals surface area (Å²) in [4.78, 5) is 5.77. The predicted octanol–water partition coefficient (Wildman–Crippen LogP) is 5.37. The Hall–Kier alpha value is -1.49. The van der Waals surface area contributed by atoms with Gasteiger partial charge in [0.1, 0.15) is 10.7 Å². The quantitative estimate of drug-likeness (QED) is 0.503. The van der Waals surface area contributed by atoms with Gasteiger partial charge in [-0.05, 0) is 59.0 Å². The number of nitriles is 1. The van der Waals surface area contributed by atoms with E-state index in [1.165, 1.54) is 0 Å². The zero-order valence-corrected chi connectivity index (χ0v) is 15.9. The molecule has 6 heteroatoms. The Morgan fingerprint density at radius 1 is 1.13 bits per heavy atom. The highest BCUT2D eigenvalue weighted by molar-refractivity contribution is 14.1. The lowest BCUT2D eigenvalue weighted by Gasteiger charge is -2.06. The van der Waals surface area contributed by atoms with Gasteiger partial charge in [-0.3, -0.25) is 0 Å². The van der Waals surface area contributed by atoms with Crippen LogP contribution in [0.1, 0.15) is 5.56 Å². The van der Waals surface area contributed by atoms with E-state index in [1.807, 2.05) is 55.6 Å². The molecule has 3 aromatic rings. The van der Waals surface area contributed by atoms with E-state index >= 15 is 0 Å². The molecule has 0 spiro atoms. The summed E-state index contributed by atoms with van der Waals surface area (Å²) in [5.41, 5.74) is 2.56. The molecular weight excluding hydrogens is 441 g/mol. The number of hydrogen-bond donors (Lipinski definition) is 0. The third-order valence-corrected chi connectivity index (χ3v) is 5.69. The molecular formula is C17H11ClIN3S. The average molecular weight is 452 g/mol. The van der Waals surface area contributed by atoms with Crippen LogP contribution in [-0.4, -0.2) is 9.55 Å². The van der Waals surface area contributed by atoms with Crippen LogP contribution in [0.4, 0.5) is 0 Å². The normalized spacial score (nSPS) is 10.5. The summed E-state index contributed by atoms with van der Waals surface area (Å²) in [5.74, 6) is 0. The van der Waals surface area contributed by atoms with Crippen molar-refractivity contribution in [1.29, 1.82) is 5.26 Å². The van der Waals surface area contributed by atoms with Gasteiger partial charge in [0, 0.05) is 22.5 Å². The molecule has 0 amide bonds. The van der Waals surface area contributed by atoms with Gasteiger partial charge >= 0.3 is 0 Å². The van der Waals surface area contributed by atoms with Gasteiger partial charge in [-0.25, -0.2) is 4.98 Å². The first-order valence-electron chi connectivity index (χ1n) is 6.74. The van der Waals surface area contributed by atoms with E-state index in [2.05, 4.69) is 38.2 Å². The molecule has 0 bridgehead atoms. The van der Waals surface area contributed by atoms with E-state index in [1.54, 1.807) is 11.8 Å². The van der Waals surface area contributed by atoms with Gasteiger partial charge in [-0.1, -0.05) is 35.5 Å². The van der Waals surface area contributed by atoms with Gasteiger partial charge in [0.05, 0.1) is 11.6 Å². The maximum absolute atomic E-state index is 8.93. The smallest absolute Gasteiger partial charge is 0.172 e. The Balaban J connectivity index is 2.02. The standard InChI is InChI=1S/C17H11ClIN3S/c1-22-16(23-14-8-6-13(18)7-9-14)15(21-17(22)19)12-4-2-11(10-20)3-5-12/h2-9H,1H3. The summed E-state index contributed by atoms with van der Waals surface area (Å²) in [6.07, 6.45) is 0. The summed E-state index contributed by atoms with van der Waals surface area (Å²) < 4.78 is 2.98. The van der Waals surface area contributed by atoms with Crippen molar-refractivity contribution in [2.24, 2.45) is 7.05 Å². The van der Waals surface area contributed by atoms with Crippen LogP contribution < -0.4 is 0 Å². The first-order chi connectivity index (χ1) is 11.1. The Bertz CT molecular complexity index is 880. The number of hydrogen-bond acceptors (Lipinski definition) is 3. The minimum absolute atomic E-state index is 0.645. The predicted molar refractivity (Wildman–Crippen MR) is 102 cm³/mol. The van der Waals surface area contributed by atoms with Gasteiger partial charge in [-0.2, -0.15) is 5.26 Å². The molecule has 2 aromatic carbocycles.